The summed E-state index contributed by atoms with van der Waals surface area (Å²) in [6.07, 6.45) is 0. The molecular weight excluding hydrogens is 406 g/mol. The molecule has 1 aromatic rings. The van der Waals surface area contributed by atoms with Crippen LogP contribution >= 0.6 is 11.6 Å². The second kappa shape index (κ2) is 8.84. The van der Waals surface area contributed by atoms with Gasteiger partial charge in [-0.05, 0) is 43.9 Å². The van der Waals surface area contributed by atoms with E-state index in [0.29, 0.717) is 5.02 Å². The molecule has 1 aromatic carbocycles. The number of hydrogen-bond acceptors (Lipinski definition) is 3. The number of nitrogens with zero attached hydrogens (tertiary/aromatic N) is 1. The fourth-order valence-corrected chi connectivity index (χ4v) is 3.75. The molecule has 1 fully saturated rings. The lowest BCUT2D eigenvalue weighted by Crippen LogP contribution is -2.58. The van der Waals surface area contributed by atoms with Crippen LogP contribution < -0.4 is 10.6 Å². The standard InChI is InChI=1S/C22H32ClN3O4/c1-21(2,3)17(24-20(30)25-22(4,5)6)18(27)26-11-15(16(12-26)19(28)29)13-7-9-14(23)10-8-13/h7-10,15-17H,11-12H2,1-6H3,(H,28,29)(H2,24,25,30)/t15-,16+,17+/m0/s1. The van der Waals surface area contributed by atoms with E-state index in [0.717, 1.165) is 5.56 Å². The number of carboxylic acids is 1. The van der Waals surface area contributed by atoms with Crippen molar-refractivity contribution in [2.45, 2.75) is 59.0 Å². The fourth-order valence-electron chi connectivity index (χ4n) is 3.62. The summed E-state index contributed by atoms with van der Waals surface area (Å²) in [6, 6.07) is 5.81. The number of hydrogen-bond donors (Lipinski definition) is 3. The van der Waals surface area contributed by atoms with Gasteiger partial charge >= 0.3 is 12.0 Å². The van der Waals surface area contributed by atoms with E-state index in [4.69, 9.17) is 11.6 Å². The first-order chi connectivity index (χ1) is 13.7. The zero-order valence-corrected chi connectivity index (χ0v) is 19.2. The SMILES string of the molecule is CC(C)(C)NC(=O)N[C@H](C(=O)N1C[C@@H](C(=O)O)[C@H](c2ccc(Cl)cc2)C1)C(C)(C)C. The van der Waals surface area contributed by atoms with Crippen LogP contribution in [0.5, 0.6) is 0 Å². The number of carboxylic acid groups (broad SMARTS) is 1. The molecule has 7 nitrogen and oxygen atoms in total. The average molecular weight is 438 g/mol. The van der Waals surface area contributed by atoms with Gasteiger partial charge in [0.25, 0.3) is 0 Å². The molecular formula is C22H32ClN3O4. The third-order valence-corrected chi connectivity index (χ3v) is 5.38. The number of halogens is 1. The molecule has 0 aromatic heterocycles. The lowest BCUT2D eigenvalue weighted by atomic mass is 9.85. The van der Waals surface area contributed by atoms with E-state index in [1.807, 2.05) is 41.5 Å². The second-order valence-electron chi connectivity index (χ2n) is 9.99. The molecule has 166 valence electrons. The van der Waals surface area contributed by atoms with Gasteiger partial charge < -0.3 is 20.6 Å². The molecule has 8 heteroatoms. The molecule has 30 heavy (non-hydrogen) atoms. The van der Waals surface area contributed by atoms with Crippen LogP contribution in [0.15, 0.2) is 24.3 Å². The number of amides is 3. The number of carbonyl (C=O) groups is 3. The lowest BCUT2D eigenvalue weighted by molar-refractivity contribution is -0.142. The monoisotopic (exact) mass is 437 g/mol. The van der Waals surface area contributed by atoms with Crippen LogP contribution in [-0.2, 0) is 9.59 Å². The van der Waals surface area contributed by atoms with Gasteiger partial charge in [-0.25, -0.2) is 4.79 Å². The number of likely N-dealkylation sites (tertiary alicyclic amines) is 1. The molecule has 0 spiro atoms. The summed E-state index contributed by atoms with van der Waals surface area (Å²) >= 11 is 5.96. The molecule has 3 N–H and O–H groups in total. The molecule has 3 atom stereocenters. The van der Waals surface area contributed by atoms with Crippen LogP contribution in [0.1, 0.15) is 53.0 Å². The molecule has 0 unspecified atom stereocenters. The Kier molecular flexibility index (Phi) is 7.07. The van der Waals surface area contributed by atoms with Gasteiger partial charge in [-0.3, -0.25) is 9.59 Å². The van der Waals surface area contributed by atoms with E-state index >= 15 is 0 Å². The third kappa shape index (κ3) is 6.11. The number of aliphatic carboxylic acids is 1. The van der Waals surface area contributed by atoms with Gasteiger partial charge in [0, 0.05) is 29.6 Å². The number of nitrogens with one attached hydrogen (secondary N) is 2. The summed E-state index contributed by atoms with van der Waals surface area (Å²) in [5.41, 5.74) is -0.173. The number of carbonyl (C=O) groups excluding carboxylic acids is 2. The summed E-state index contributed by atoms with van der Waals surface area (Å²) in [7, 11) is 0. The van der Waals surface area contributed by atoms with Gasteiger partial charge in [0.05, 0.1) is 5.92 Å². The smallest absolute Gasteiger partial charge is 0.315 e. The van der Waals surface area contributed by atoms with Crippen LogP contribution in [-0.4, -0.2) is 52.6 Å². The van der Waals surface area contributed by atoms with Crippen LogP contribution in [0, 0.1) is 11.3 Å². The van der Waals surface area contributed by atoms with Crippen molar-refractivity contribution >= 4 is 29.5 Å². The van der Waals surface area contributed by atoms with Gasteiger partial charge in [0.2, 0.25) is 5.91 Å². The maximum atomic E-state index is 13.4. The normalized spacial score (nSPS) is 20.6. The van der Waals surface area contributed by atoms with Gasteiger partial charge in [0.15, 0.2) is 0 Å². The molecule has 1 saturated heterocycles. The van der Waals surface area contributed by atoms with E-state index < -0.39 is 34.9 Å². The minimum atomic E-state index is -0.948. The zero-order valence-electron chi connectivity index (χ0n) is 18.5. The van der Waals surface area contributed by atoms with Crippen LogP contribution in [0.4, 0.5) is 4.79 Å². The quantitative estimate of drug-likeness (QED) is 0.671. The van der Waals surface area contributed by atoms with E-state index in [2.05, 4.69) is 10.6 Å². The Hall–Kier alpha value is -2.28. The maximum Gasteiger partial charge on any atom is 0.315 e. The molecule has 0 radical (unpaired) electrons. The first kappa shape index (κ1) is 24.0. The van der Waals surface area contributed by atoms with Gasteiger partial charge in [-0.2, -0.15) is 0 Å². The number of rotatable bonds is 4. The minimum Gasteiger partial charge on any atom is -0.481 e. The highest BCUT2D eigenvalue weighted by molar-refractivity contribution is 6.30. The molecule has 2 rings (SSSR count). The van der Waals surface area contributed by atoms with Crippen molar-refractivity contribution in [1.82, 2.24) is 15.5 Å². The predicted molar refractivity (Wildman–Crippen MR) is 117 cm³/mol. The molecule has 3 amide bonds. The first-order valence-corrected chi connectivity index (χ1v) is 10.4. The molecule has 0 aliphatic carbocycles. The first-order valence-electron chi connectivity index (χ1n) is 10.0. The fraction of sp³-hybridized carbons (Fsp3) is 0.591. The van der Waals surface area contributed by atoms with E-state index in [1.54, 1.807) is 29.2 Å². The van der Waals surface area contributed by atoms with E-state index in [1.165, 1.54) is 0 Å². The summed E-state index contributed by atoms with van der Waals surface area (Å²) in [4.78, 5) is 39.2. The van der Waals surface area contributed by atoms with Crippen LogP contribution in [0.25, 0.3) is 0 Å². The summed E-state index contributed by atoms with van der Waals surface area (Å²) in [5, 5.41) is 15.9. The molecule has 1 aliphatic rings. The minimum absolute atomic E-state index is 0.0939. The van der Waals surface area contributed by atoms with Crippen LogP contribution in [0.3, 0.4) is 0 Å². The highest BCUT2D eigenvalue weighted by Gasteiger charge is 2.44. The Balaban J connectivity index is 2.24. The number of benzene rings is 1. The largest absolute Gasteiger partial charge is 0.481 e. The predicted octanol–water partition coefficient (Wildman–Crippen LogP) is 3.48. The van der Waals surface area contributed by atoms with Gasteiger partial charge in [0.1, 0.15) is 6.04 Å². The Labute approximate surface area is 183 Å². The molecule has 1 heterocycles. The van der Waals surface area contributed by atoms with Crippen molar-refractivity contribution in [1.29, 1.82) is 0 Å². The van der Waals surface area contributed by atoms with Crippen molar-refractivity contribution < 1.29 is 19.5 Å². The summed E-state index contributed by atoms with van der Waals surface area (Å²) < 4.78 is 0. The Bertz CT molecular complexity index is 796. The summed E-state index contributed by atoms with van der Waals surface area (Å²) in [5.74, 6) is -2.29. The Morgan fingerprint density at radius 1 is 1.07 bits per heavy atom. The highest BCUT2D eigenvalue weighted by Crippen LogP contribution is 2.35. The van der Waals surface area contributed by atoms with Crippen molar-refractivity contribution in [3.8, 4) is 0 Å². The summed E-state index contributed by atoms with van der Waals surface area (Å²) in [6.45, 7) is 11.5. The average Bonchev–Trinajstić information content (AvgIpc) is 3.03. The van der Waals surface area contributed by atoms with E-state index in [9.17, 15) is 19.5 Å². The van der Waals surface area contributed by atoms with Crippen molar-refractivity contribution in [3.63, 3.8) is 0 Å². The van der Waals surface area contributed by atoms with Crippen molar-refractivity contribution in [2.24, 2.45) is 11.3 Å². The Morgan fingerprint density at radius 3 is 2.10 bits per heavy atom. The molecule has 1 aliphatic heterocycles. The van der Waals surface area contributed by atoms with Crippen LogP contribution in [0.2, 0.25) is 5.02 Å². The zero-order chi connectivity index (χ0) is 22.9. The van der Waals surface area contributed by atoms with Gasteiger partial charge in [-0.15, -0.1) is 0 Å². The topological polar surface area (TPSA) is 98.7 Å². The number of urea groups is 1. The Morgan fingerprint density at radius 2 is 1.63 bits per heavy atom. The highest BCUT2D eigenvalue weighted by atomic mass is 35.5. The molecule has 0 saturated carbocycles. The van der Waals surface area contributed by atoms with E-state index in [-0.39, 0.29) is 24.9 Å². The van der Waals surface area contributed by atoms with Crippen molar-refractivity contribution in [2.75, 3.05) is 13.1 Å². The lowest BCUT2D eigenvalue weighted by Gasteiger charge is -2.34. The molecule has 0 bridgehead atoms. The van der Waals surface area contributed by atoms with Gasteiger partial charge in [-0.1, -0.05) is 44.5 Å². The third-order valence-electron chi connectivity index (χ3n) is 5.12. The van der Waals surface area contributed by atoms with Crippen molar-refractivity contribution in [3.05, 3.63) is 34.9 Å². The second-order valence-corrected chi connectivity index (χ2v) is 10.4. The maximum absolute atomic E-state index is 13.4.